The molecule has 0 bridgehead atoms. The van der Waals surface area contributed by atoms with Gasteiger partial charge in [-0.2, -0.15) is 5.10 Å². The molecule has 2 rings (SSSR count). The van der Waals surface area contributed by atoms with Crippen molar-refractivity contribution < 1.29 is 0 Å². The van der Waals surface area contributed by atoms with Gasteiger partial charge in [0.25, 0.3) is 5.56 Å². The lowest BCUT2D eigenvalue weighted by atomic mass is 10.1. The third kappa shape index (κ3) is 2.08. The summed E-state index contributed by atoms with van der Waals surface area (Å²) >= 11 is 0. The zero-order chi connectivity index (χ0) is 13.3. The molecule has 1 unspecified atom stereocenters. The molecular weight excluding hydrogens is 228 g/mol. The zero-order valence-electron chi connectivity index (χ0n) is 11.0. The molecule has 2 aromatic heterocycles. The predicted octanol–water partition coefficient (Wildman–Crippen LogP) is 2.38. The van der Waals surface area contributed by atoms with Crippen molar-refractivity contribution in [2.75, 3.05) is 0 Å². The van der Waals surface area contributed by atoms with E-state index in [1.54, 1.807) is 10.9 Å². The second-order valence-electron chi connectivity index (χ2n) is 4.80. The van der Waals surface area contributed by atoms with Crippen molar-refractivity contribution in [3.8, 4) is 0 Å². The molecule has 5 nitrogen and oxygen atoms in total. The maximum absolute atomic E-state index is 12.0. The molecule has 0 spiro atoms. The standard InChI is InChI=1S/C13H18N4O/c1-5-6-9(4)11-15-12-10(13(18)16-11)7-14-17(12)8(2)3/h5,7-9H,1,6H2,2-4H3,(H,15,16,18). The quantitative estimate of drug-likeness (QED) is 0.842. The number of hydrogen-bond donors (Lipinski definition) is 1. The number of rotatable bonds is 4. The van der Waals surface area contributed by atoms with Gasteiger partial charge >= 0.3 is 0 Å². The summed E-state index contributed by atoms with van der Waals surface area (Å²) in [6.07, 6.45) is 4.18. The molecule has 96 valence electrons. The molecule has 2 aromatic rings. The Kier molecular flexibility index (Phi) is 3.32. The van der Waals surface area contributed by atoms with E-state index in [1.807, 2.05) is 26.8 Å². The first-order valence-corrected chi connectivity index (χ1v) is 6.13. The summed E-state index contributed by atoms with van der Waals surface area (Å²) in [5.41, 5.74) is 0.525. The SMILES string of the molecule is C=CCC(C)c1nc2c(cnn2C(C)C)c(=O)[nH]1. The van der Waals surface area contributed by atoms with E-state index in [0.29, 0.717) is 16.9 Å². The molecule has 0 saturated carbocycles. The van der Waals surface area contributed by atoms with E-state index in [4.69, 9.17) is 0 Å². The predicted molar refractivity (Wildman–Crippen MR) is 71.8 cm³/mol. The number of aromatic nitrogens is 4. The Bertz CT molecular complexity index is 623. The van der Waals surface area contributed by atoms with Gasteiger partial charge in [0.1, 0.15) is 11.2 Å². The minimum absolute atomic E-state index is 0.127. The van der Waals surface area contributed by atoms with Crippen LogP contribution in [0.3, 0.4) is 0 Å². The van der Waals surface area contributed by atoms with Crippen molar-refractivity contribution in [1.82, 2.24) is 19.7 Å². The Labute approximate surface area is 106 Å². The molecule has 0 aliphatic rings. The Morgan fingerprint density at radius 3 is 2.83 bits per heavy atom. The van der Waals surface area contributed by atoms with Gasteiger partial charge in [-0.1, -0.05) is 13.0 Å². The third-order valence-corrected chi connectivity index (χ3v) is 2.96. The fourth-order valence-corrected chi connectivity index (χ4v) is 1.93. The van der Waals surface area contributed by atoms with Gasteiger partial charge in [-0.15, -0.1) is 6.58 Å². The lowest BCUT2D eigenvalue weighted by Gasteiger charge is -2.10. The van der Waals surface area contributed by atoms with E-state index in [-0.39, 0.29) is 17.5 Å². The summed E-state index contributed by atoms with van der Waals surface area (Å²) in [4.78, 5) is 19.3. The summed E-state index contributed by atoms with van der Waals surface area (Å²) in [6, 6.07) is 0.180. The topological polar surface area (TPSA) is 63.6 Å². The Morgan fingerprint density at radius 2 is 2.22 bits per heavy atom. The van der Waals surface area contributed by atoms with Crippen LogP contribution in [0.25, 0.3) is 11.0 Å². The van der Waals surface area contributed by atoms with E-state index in [1.165, 1.54) is 0 Å². The van der Waals surface area contributed by atoms with Crippen molar-refractivity contribution in [2.24, 2.45) is 0 Å². The second kappa shape index (κ2) is 4.76. The maximum Gasteiger partial charge on any atom is 0.262 e. The number of nitrogens with one attached hydrogen (secondary N) is 1. The lowest BCUT2D eigenvalue weighted by Crippen LogP contribution is -2.15. The Balaban J connectivity index is 2.62. The van der Waals surface area contributed by atoms with Gasteiger partial charge in [0.05, 0.1) is 6.20 Å². The minimum atomic E-state index is -0.127. The van der Waals surface area contributed by atoms with Gasteiger partial charge in [-0.25, -0.2) is 9.67 Å². The first-order valence-electron chi connectivity index (χ1n) is 6.13. The van der Waals surface area contributed by atoms with Crippen LogP contribution in [0.1, 0.15) is 45.0 Å². The van der Waals surface area contributed by atoms with Crippen LogP contribution in [-0.4, -0.2) is 19.7 Å². The first-order chi connectivity index (χ1) is 8.54. The number of nitrogens with zero attached hydrogens (tertiary/aromatic N) is 3. The third-order valence-electron chi connectivity index (χ3n) is 2.96. The molecule has 0 aromatic carbocycles. The highest BCUT2D eigenvalue weighted by molar-refractivity contribution is 5.73. The van der Waals surface area contributed by atoms with E-state index in [9.17, 15) is 4.79 Å². The van der Waals surface area contributed by atoms with Crippen molar-refractivity contribution in [3.63, 3.8) is 0 Å². The smallest absolute Gasteiger partial charge is 0.262 e. The molecule has 0 fully saturated rings. The van der Waals surface area contributed by atoms with Gasteiger partial charge in [0.2, 0.25) is 0 Å². The molecule has 0 amide bonds. The van der Waals surface area contributed by atoms with E-state index >= 15 is 0 Å². The number of H-pyrrole nitrogens is 1. The van der Waals surface area contributed by atoms with Crippen LogP contribution in [0.4, 0.5) is 0 Å². The fourth-order valence-electron chi connectivity index (χ4n) is 1.93. The highest BCUT2D eigenvalue weighted by Crippen LogP contribution is 2.17. The minimum Gasteiger partial charge on any atom is -0.310 e. The fraction of sp³-hybridized carbons (Fsp3) is 0.462. The summed E-state index contributed by atoms with van der Waals surface area (Å²) in [5.74, 6) is 0.838. The van der Waals surface area contributed by atoms with Crippen molar-refractivity contribution in [2.45, 2.75) is 39.2 Å². The maximum atomic E-state index is 12.0. The molecule has 0 radical (unpaired) electrons. The van der Waals surface area contributed by atoms with Gasteiger partial charge in [0, 0.05) is 12.0 Å². The number of fused-ring (bicyclic) bond motifs is 1. The van der Waals surface area contributed by atoms with Crippen LogP contribution in [0.2, 0.25) is 0 Å². The molecule has 0 saturated heterocycles. The highest BCUT2D eigenvalue weighted by atomic mass is 16.1. The van der Waals surface area contributed by atoms with Crippen LogP contribution in [-0.2, 0) is 0 Å². The van der Waals surface area contributed by atoms with Crippen LogP contribution < -0.4 is 5.56 Å². The van der Waals surface area contributed by atoms with Crippen LogP contribution in [0.5, 0.6) is 0 Å². The van der Waals surface area contributed by atoms with Gasteiger partial charge in [0.15, 0.2) is 5.65 Å². The molecular formula is C13H18N4O. The van der Waals surface area contributed by atoms with Gasteiger partial charge in [-0.05, 0) is 20.3 Å². The van der Waals surface area contributed by atoms with E-state index < -0.39 is 0 Å². The summed E-state index contributed by atoms with van der Waals surface area (Å²) in [5, 5.41) is 4.76. The highest BCUT2D eigenvalue weighted by Gasteiger charge is 2.14. The first kappa shape index (κ1) is 12.5. The summed E-state index contributed by atoms with van der Waals surface area (Å²) < 4.78 is 1.77. The van der Waals surface area contributed by atoms with E-state index in [2.05, 4.69) is 21.6 Å². The second-order valence-corrected chi connectivity index (χ2v) is 4.80. The van der Waals surface area contributed by atoms with Crippen molar-refractivity contribution >= 4 is 11.0 Å². The lowest BCUT2D eigenvalue weighted by molar-refractivity contribution is 0.544. The molecule has 1 atom stereocenters. The molecule has 0 aliphatic carbocycles. The normalized spacial score (nSPS) is 13.1. The largest absolute Gasteiger partial charge is 0.310 e. The zero-order valence-corrected chi connectivity index (χ0v) is 11.0. The summed E-state index contributed by atoms with van der Waals surface area (Å²) in [6.45, 7) is 9.76. The van der Waals surface area contributed by atoms with Crippen molar-refractivity contribution in [1.29, 1.82) is 0 Å². The van der Waals surface area contributed by atoms with Crippen molar-refractivity contribution in [3.05, 3.63) is 35.0 Å². The van der Waals surface area contributed by atoms with Gasteiger partial charge in [-0.3, -0.25) is 4.79 Å². The molecule has 5 heteroatoms. The number of allylic oxidation sites excluding steroid dienone is 1. The molecule has 0 aliphatic heterocycles. The average molecular weight is 246 g/mol. The molecule has 18 heavy (non-hydrogen) atoms. The Hall–Kier alpha value is -1.91. The van der Waals surface area contributed by atoms with Crippen LogP contribution >= 0.6 is 0 Å². The Morgan fingerprint density at radius 1 is 1.50 bits per heavy atom. The number of hydrogen-bond acceptors (Lipinski definition) is 3. The van der Waals surface area contributed by atoms with E-state index in [0.717, 1.165) is 6.42 Å². The van der Waals surface area contributed by atoms with Crippen LogP contribution in [0, 0.1) is 0 Å². The molecule has 1 N–H and O–H groups in total. The monoisotopic (exact) mass is 246 g/mol. The van der Waals surface area contributed by atoms with Gasteiger partial charge < -0.3 is 4.98 Å². The van der Waals surface area contributed by atoms with Crippen LogP contribution in [0.15, 0.2) is 23.6 Å². The summed E-state index contributed by atoms with van der Waals surface area (Å²) in [7, 11) is 0. The number of aromatic amines is 1. The molecule has 2 heterocycles. The average Bonchev–Trinajstić information content (AvgIpc) is 2.73.